The zero-order valence-corrected chi connectivity index (χ0v) is 10.5. The van der Waals surface area contributed by atoms with Gasteiger partial charge >= 0.3 is 5.97 Å². The monoisotopic (exact) mass is 212 g/mol. The van der Waals surface area contributed by atoms with Crippen LogP contribution in [0.5, 0.6) is 0 Å². The molecule has 2 nitrogen and oxygen atoms in total. The van der Waals surface area contributed by atoms with E-state index in [2.05, 4.69) is 20.8 Å². The number of rotatable bonds is 4. The van der Waals surface area contributed by atoms with Gasteiger partial charge in [-0.2, -0.15) is 0 Å². The summed E-state index contributed by atoms with van der Waals surface area (Å²) >= 11 is 0. The summed E-state index contributed by atoms with van der Waals surface area (Å²) in [6.07, 6.45) is 4.08. The maximum absolute atomic E-state index is 11.6. The zero-order chi connectivity index (χ0) is 11.5. The summed E-state index contributed by atoms with van der Waals surface area (Å²) < 4.78 is 5.06. The number of ether oxygens (including phenoxy) is 1. The third kappa shape index (κ3) is 2.96. The number of esters is 1. The molecular weight excluding hydrogens is 188 g/mol. The first kappa shape index (κ1) is 12.5. The molecule has 1 fully saturated rings. The lowest BCUT2D eigenvalue weighted by molar-refractivity contribution is -0.146. The molecule has 0 heterocycles. The molecule has 1 unspecified atom stereocenters. The van der Waals surface area contributed by atoms with Gasteiger partial charge in [0.15, 0.2) is 0 Å². The fourth-order valence-corrected chi connectivity index (χ4v) is 2.93. The van der Waals surface area contributed by atoms with Crippen molar-refractivity contribution in [1.82, 2.24) is 0 Å². The molecule has 2 heteroatoms. The Morgan fingerprint density at radius 1 is 1.27 bits per heavy atom. The van der Waals surface area contributed by atoms with Crippen molar-refractivity contribution in [1.29, 1.82) is 0 Å². The van der Waals surface area contributed by atoms with Crippen molar-refractivity contribution in [2.24, 2.45) is 17.3 Å². The van der Waals surface area contributed by atoms with Crippen LogP contribution in [0.15, 0.2) is 0 Å². The topological polar surface area (TPSA) is 26.3 Å². The molecule has 0 spiro atoms. The Bertz CT molecular complexity index is 213. The summed E-state index contributed by atoms with van der Waals surface area (Å²) in [5, 5.41) is 0. The lowest BCUT2D eigenvalue weighted by Gasteiger charge is -2.26. The van der Waals surface area contributed by atoms with E-state index in [1.807, 2.05) is 6.92 Å². The molecule has 1 aliphatic carbocycles. The van der Waals surface area contributed by atoms with E-state index in [9.17, 15) is 4.79 Å². The van der Waals surface area contributed by atoms with Crippen molar-refractivity contribution in [2.45, 2.75) is 53.4 Å². The van der Waals surface area contributed by atoms with Crippen molar-refractivity contribution < 1.29 is 9.53 Å². The number of carbonyl (C=O) groups is 1. The minimum Gasteiger partial charge on any atom is -0.466 e. The summed E-state index contributed by atoms with van der Waals surface area (Å²) in [6.45, 7) is 9.17. The molecule has 15 heavy (non-hydrogen) atoms. The van der Waals surface area contributed by atoms with Crippen molar-refractivity contribution in [3.05, 3.63) is 0 Å². The highest BCUT2D eigenvalue weighted by molar-refractivity contribution is 5.70. The average molecular weight is 212 g/mol. The lowest BCUT2D eigenvalue weighted by atomic mass is 9.79. The first-order valence-electron chi connectivity index (χ1n) is 6.18. The van der Waals surface area contributed by atoms with E-state index in [0.717, 1.165) is 18.3 Å². The molecule has 88 valence electrons. The fourth-order valence-electron chi connectivity index (χ4n) is 2.93. The molecule has 1 saturated carbocycles. The summed E-state index contributed by atoms with van der Waals surface area (Å²) in [7, 11) is 0. The molecule has 0 aromatic carbocycles. The maximum Gasteiger partial charge on any atom is 0.306 e. The first-order chi connectivity index (χ1) is 7.03. The van der Waals surface area contributed by atoms with E-state index in [1.165, 1.54) is 12.8 Å². The summed E-state index contributed by atoms with van der Waals surface area (Å²) in [4.78, 5) is 11.6. The summed E-state index contributed by atoms with van der Waals surface area (Å²) in [5.41, 5.74) is 0.227. The second-order valence-corrected chi connectivity index (χ2v) is 5.20. The Morgan fingerprint density at radius 2 is 1.80 bits per heavy atom. The Morgan fingerprint density at radius 3 is 2.20 bits per heavy atom. The van der Waals surface area contributed by atoms with E-state index in [0.29, 0.717) is 13.0 Å². The molecule has 0 aliphatic heterocycles. The molecule has 1 aliphatic rings. The van der Waals surface area contributed by atoms with E-state index >= 15 is 0 Å². The normalized spacial score (nSPS) is 35.5. The third-order valence-corrected chi connectivity index (χ3v) is 4.06. The van der Waals surface area contributed by atoms with Gasteiger partial charge in [-0.1, -0.05) is 20.8 Å². The van der Waals surface area contributed by atoms with E-state index < -0.39 is 0 Å². The van der Waals surface area contributed by atoms with Gasteiger partial charge in [0, 0.05) is 0 Å². The smallest absolute Gasteiger partial charge is 0.306 e. The van der Waals surface area contributed by atoms with Crippen LogP contribution in [0.1, 0.15) is 53.4 Å². The van der Waals surface area contributed by atoms with E-state index in [1.54, 1.807) is 0 Å². The van der Waals surface area contributed by atoms with Gasteiger partial charge in [0.2, 0.25) is 0 Å². The standard InChI is InChI=1S/C13H24O2/c1-5-13(9-12(14)15-6-2)7-10(3)11(4)8-13/h10-11H,5-9H2,1-4H3/t10-,11+,13?. The van der Waals surface area contributed by atoms with Crippen LogP contribution in [-0.2, 0) is 9.53 Å². The van der Waals surface area contributed by atoms with Gasteiger partial charge in [-0.15, -0.1) is 0 Å². The summed E-state index contributed by atoms with van der Waals surface area (Å²) in [6, 6.07) is 0. The van der Waals surface area contributed by atoms with Crippen LogP contribution >= 0.6 is 0 Å². The highest BCUT2D eigenvalue weighted by atomic mass is 16.5. The van der Waals surface area contributed by atoms with Crippen LogP contribution in [0.3, 0.4) is 0 Å². The Hall–Kier alpha value is -0.530. The maximum atomic E-state index is 11.6. The number of hydrogen-bond acceptors (Lipinski definition) is 2. The van der Waals surface area contributed by atoms with Crippen molar-refractivity contribution in [2.75, 3.05) is 6.61 Å². The fraction of sp³-hybridized carbons (Fsp3) is 0.923. The molecule has 0 aromatic rings. The van der Waals surface area contributed by atoms with Crippen LogP contribution in [0.4, 0.5) is 0 Å². The molecule has 0 amide bonds. The number of hydrogen-bond donors (Lipinski definition) is 0. The predicted molar refractivity (Wildman–Crippen MR) is 61.5 cm³/mol. The van der Waals surface area contributed by atoms with E-state index in [4.69, 9.17) is 4.74 Å². The van der Waals surface area contributed by atoms with Crippen LogP contribution in [-0.4, -0.2) is 12.6 Å². The molecule has 3 atom stereocenters. The molecule has 0 aromatic heterocycles. The largest absolute Gasteiger partial charge is 0.466 e. The van der Waals surface area contributed by atoms with Gasteiger partial charge in [-0.05, 0) is 43.4 Å². The van der Waals surface area contributed by atoms with Crippen LogP contribution in [0.25, 0.3) is 0 Å². The second-order valence-electron chi connectivity index (χ2n) is 5.20. The van der Waals surface area contributed by atoms with Gasteiger partial charge in [-0.25, -0.2) is 0 Å². The molecule has 0 bridgehead atoms. The Balaban J connectivity index is 2.59. The van der Waals surface area contributed by atoms with E-state index in [-0.39, 0.29) is 11.4 Å². The first-order valence-corrected chi connectivity index (χ1v) is 6.18. The van der Waals surface area contributed by atoms with Gasteiger partial charge in [-0.3, -0.25) is 4.79 Å². The third-order valence-electron chi connectivity index (χ3n) is 4.06. The lowest BCUT2D eigenvalue weighted by Crippen LogP contribution is -2.22. The highest BCUT2D eigenvalue weighted by Crippen LogP contribution is 2.49. The minimum atomic E-state index is -0.0133. The second kappa shape index (κ2) is 5.00. The van der Waals surface area contributed by atoms with Crippen LogP contribution in [0, 0.1) is 17.3 Å². The van der Waals surface area contributed by atoms with Crippen molar-refractivity contribution in [3.63, 3.8) is 0 Å². The quantitative estimate of drug-likeness (QED) is 0.668. The molecule has 0 N–H and O–H groups in total. The van der Waals surface area contributed by atoms with Gasteiger partial charge < -0.3 is 4.74 Å². The van der Waals surface area contributed by atoms with Gasteiger partial charge in [0.05, 0.1) is 13.0 Å². The van der Waals surface area contributed by atoms with Gasteiger partial charge in [0.25, 0.3) is 0 Å². The highest BCUT2D eigenvalue weighted by Gasteiger charge is 2.41. The van der Waals surface area contributed by atoms with Crippen LogP contribution < -0.4 is 0 Å². The molecule has 1 rings (SSSR count). The molecule has 0 radical (unpaired) electrons. The minimum absolute atomic E-state index is 0.0133. The Kier molecular flexibility index (Phi) is 4.18. The molecular formula is C13H24O2. The van der Waals surface area contributed by atoms with Crippen molar-refractivity contribution in [3.8, 4) is 0 Å². The van der Waals surface area contributed by atoms with Gasteiger partial charge in [0.1, 0.15) is 0 Å². The van der Waals surface area contributed by atoms with Crippen LogP contribution in [0.2, 0.25) is 0 Å². The summed E-state index contributed by atoms with van der Waals surface area (Å²) in [5.74, 6) is 1.49. The predicted octanol–water partition coefficient (Wildman–Crippen LogP) is 3.40. The molecule has 0 saturated heterocycles. The Labute approximate surface area is 93.4 Å². The van der Waals surface area contributed by atoms with Crippen molar-refractivity contribution >= 4 is 5.97 Å². The zero-order valence-electron chi connectivity index (χ0n) is 10.5. The SMILES string of the molecule is CCOC(=O)CC1(CC)C[C@@H](C)[C@@H](C)C1. The number of carbonyl (C=O) groups excluding carboxylic acids is 1. The average Bonchev–Trinajstić information content (AvgIpc) is 2.43.